The van der Waals surface area contributed by atoms with E-state index in [0.717, 1.165) is 30.4 Å². The number of carbonyl (C=O) groups is 8. The van der Waals surface area contributed by atoms with E-state index in [1.54, 1.807) is 22.4 Å². The molecule has 8 amide bonds. The number of thiophene rings is 1. The Morgan fingerprint density at radius 3 is 2.27 bits per heavy atom. The smallest absolute Gasteiger partial charge is 0.248 e. The van der Waals surface area contributed by atoms with Crippen molar-refractivity contribution in [3.63, 3.8) is 0 Å². The van der Waals surface area contributed by atoms with Crippen molar-refractivity contribution < 1.29 is 48.6 Å². The number of carbonyl (C=O) groups excluding carboxylic acids is 8. The van der Waals surface area contributed by atoms with Crippen LogP contribution >= 0.6 is 11.3 Å². The monoisotopic (exact) mass is 990 g/mol. The van der Waals surface area contributed by atoms with Gasteiger partial charge in [0.15, 0.2) is 5.96 Å². The van der Waals surface area contributed by atoms with Crippen LogP contribution in [0.4, 0.5) is 0 Å². The van der Waals surface area contributed by atoms with Crippen LogP contribution in [0.25, 0.3) is 0 Å². The number of nitrogens with zero attached hydrogens (tertiary/aromatic N) is 5. The number of β-amino-alcohol motifs (C(OH)–C–C–N with tert-alkyl or cyclic N) is 1. The van der Waals surface area contributed by atoms with Crippen LogP contribution in [0.5, 0.6) is 0 Å². The van der Waals surface area contributed by atoms with Gasteiger partial charge in [0.25, 0.3) is 0 Å². The fourth-order valence-corrected chi connectivity index (χ4v) is 11.6. The molecule has 0 radical (unpaired) electrons. The number of guanidine groups is 1. The number of benzene rings is 1. The van der Waals surface area contributed by atoms with Crippen LogP contribution in [0.3, 0.4) is 0 Å². The van der Waals surface area contributed by atoms with Crippen LogP contribution < -0.4 is 38.9 Å². The zero-order chi connectivity index (χ0) is 50.2. The molecule has 3 saturated heterocycles. The minimum Gasteiger partial charge on any atom is -0.394 e. The first kappa shape index (κ1) is 51.7. The predicted octanol–water partition coefficient (Wildman–Crippen LogP) is -2.70. The maximum absolute atomic E-state index is 14.7. The molecule has 1 aliphatic carbocycles. The van der Waals surface area contributed by atoms with E-state index < -0.39 is 109 Å². The van der Waals surface area contributed by atoms with Gasteiger partial charge < -0.3 is 68.7 Å². The molecule has 0 bridgehead atoms. The van der Waals surface area contributed by atoms with Crippen LogP contribution in [-0.4, -0.2) is 170 Å². The van der Waals surface area contributed by atoms with Crippen molar-refractivity contribution in [2.75, 3.05) is 32.8 Å². The van der Waals surface area contributed by atoms with Crippen molar-refractivity contribution in [3.8, 4) is 0 Å². The molecular weight excluding hydrogens is 925 g/mol. The molecule has 13 N–H and O–H groups in total. The number of primary amides is 1. The molecule has 2 aromatic rings. The predicted molar refractivity (Wildman–Crippen MR) is 255 cm³/mol. The Kier molecular flexibility index (Phi) is 17.1. The Hall–Kier alpha value is -6.17. The number of nitrogens with two attached hydrogens (primary N) is 4. The van der Waals surface area contributed by atoms with E-state index in [1.165, 1.54) is 26.0 Å². The topological polar surface area (TPSA) is 343 Å². The first-order valence-corrected chi connectivity index (χ1v) is 25.0. The van der Waals surface area contributed by atoms with Crippen molar-refractivity contribution in [2.45, 2.75) is 138 Å². The summed E-state index contributed by atoms with van der Waals surface area (Å²) in [5.41, 5.74) is 24.4. The lowest BCUT2D eigenvalue weighted by Crippen LogP contribution is -2.62. The van der Waals surface area contributed by atoms with Crippen LogP contribution in [0.15, 0.2) is 46.8 Å². The number of aliphatic imine (C=N–C) groups is 1. The summed E-state index contributed by atoms with van der Waals surface area (Å²) in [5, 5.41) is 30.8. The number of hydrogen-bond acceptors (Lipinski definition) is 13. The molecule has 4 fully saturated rings. The molecule has 70 heavy (non-hydrogen) atoms. The number of fused-ring (bicyclic) bond motifs is 2. The zero-order valence-corrected chi connectivity index (χ0v) is 40.0. The lowest BCUT2D eigenvalue weighted by molar-refractivity contribution is -0.153. The third kappa shape index (κ3) is 11.9. The second kappa shape index (κ2) is 23.2. The Balaban J connectivity index is 1.00. The van der Waals surface area contributed by atoms with Gasteiger partial charge in [-0.3, -0.25) is 43.3 Å². The lowest BCUT2D eigenvalue weighted by Gasteiger charge is -2.42. The molecule has 1 saturated carbocycles. The highest BCUT2D eigenvalue weighted by Crippen LogP contribution is 2.41. The highest BCUT2D eigenvalue weighted by atomic mass is 32.1. The number of nitrogens with one attached hydrogen (secondary N) is 3. The molecule has 1 aromatic heterocycles. The summed E-state index contributed by atoms with van der Waals surface area (Å²) in [6.45, 7) is -1.10. The highest BCUT2D eigenvalue weighted by Gasteiger charge is 2.51. The van der Waals surface area contributed by atoms with E-state index >= 15 is 0 Å². The summed E-state index contributed by atoms with van der Waals surface area (Å²) in [6.07, 6.45) is 4.39. The van der Waals surface area contributed by atoms with Crippen molar-refractivity contribution in [2.24, 2.45) is 33.8 Å². The Morgan fingerprint density at radius 2 is 1.56 bits per heavy atom. The quantitative estimate of drug-likeness (QED) is 0.0418. The number of likely N-dealkylation sites (tertiary alicyclic amines) is 3. The molecule has 0 unspecified atom stereocenters. The first-order valence-electron chi connectivity index (χ1n) is 24.2. The average Bonchev–Trinajstić information content (AvgIpc) is 4.19. The molecule has 0 spiro atoms. The van der Waals surface area contributed by atoms with Crippen molar-refractivity contribution in [1.82, 2.24) is 35.6 Å². The normalized spacial score (nSPS) is 25.2. The third-order valence-electron chi connectivity index (χ3n) is 14.3. The Labute approximate surface area is 409 Å². The van der Waals surface area contributed by atoms with Gasteiger partial charge in [0, 0.05) is 56.4 Å². The lowest BCUT2D eigenvalue weighted by atomic mass is 9.84. The largest absolute Gasteiger partial charge is 0.394 e. The van der Waals surface area contributed by atoms with Gasteiger partial charge in [-0.1, -0.05) is 43.2 Å². The molecule has 22 nitrogen and oxygen atoms in total. The first-order chi connectivity index (χ1) is 33.6. The van der Waals surface area contributed by atoms with E-state index in [0.29, 0.717) is 37.0 Å². The molecule has 5 aliphatic rings. The van der Waals surface area contributed by atoms with Gasteiger partial charge in [-0.15, -0.1) is 11.3 Å². The number of aliphatic hydroxyl groups excluding tert-OH is 2. The van der Waals surface area contributed by atoms with Gasteiger partial charge in [0.05, 0.1) is 25.3 Å². The van der Waals surface area contributed by atoms with E-state index in [1.807, 2.05) is 24.3 Å². The SMILES string of the molecule is NC(=O)[C@@H]1C[C@@H]2CCCC[C@@H]2N1C(=O)[C@H]1Cc2ccccc2CN1C(=O)[C@H](CO)NC(=O)[C@H](Cc1cccs1)NC(=O)CNC(=O)[C@@H]1C[C@@H](O)CN1C(=O)[C@@H]1CCCN1C(=O)[C@@H](N)CCCN=C(N)N. The fourth-order valence-electron chi connectivity index (χ4n) is 10.8. The molecule has 7 rings (SSSR count). The van der Waals surface area contributed by atoms with E-state index in [-0.39, 0.29) is 69.8 Å². The number of hydrogen-bond donors (Lipinski definition) is 9. The summed E-state index contributed by atoms with van der Waals surface area (Å²) in [7, 11) is 0. The molecule has 10 atom stereocenters. The summed E-state index contributed by atoms with van der Waals surface area (Å²) >= 11 is 1.32. The zero-order valence-electron chi connectivity index (χ0n) is 39.2. The van der Waals surface area contributed by atoms with Crippen LogP contribution in [0.1, 0.15) is 80.2 Å². The molecule has 23 heteroatoms. The van der Waals surface area contributed by atoms with E-state index in [9.17, 15) is 48.6 Å². The summed E-state index contributed by atoms with van der Waals surface area (Å²) in [6, 6.07) is 2.94. The second-order valence-electron chi connectivity index (χ2n) is 19.0. The number of aliphatic hydroxyl groups is 2. The van der Waals surface area contributed by atoms with Crippen molar-refractivity contribution in [3.05, 3.63) is 57.8 Å². The molecular formula is C47H66N12O10S. The minimum atomic E-state index is -1.54. The van der Waals surface area contributed by atoms with Crippen molar-refractivity contribution in [1.29, 1.82) is 0 Å². The minimum absolute atomic E-state index is 0.00888. The van der Waals surface area contributed by atoms with Gasteiger partial charge in [0.1, 0.15) is 36.3 Å². The average molecular weight is 991 g/mol. The van der Waals surface area contributed by atoms with Crippen molar-refractivity contribution >= 4 is 64.6 Å². The van der Waals surface area contributed by atoms with Gasteiger partial charge in [0.2, 0.25) is 47.3 Å². The maximum atomic E-state index is 14.7. The van der Waals surface area contributed by atoms with Crippen LogP contribution in [0, 0.1) is 5.92 Å². The summed E-state index contributed by atoms with van der Waals surface area (Å²) in [5.74, 6) is -5.05. The number of rotatable bonds is 18. The van der Waals surface area contributed by atoms with Crippen LogP contribution in [-0.2, 0) is 57.7 Å². The maximum Gasteiger partial charge on any atom is 0.248 e. The molecule has 4 aliphatic heterocycles. The fraction of sp³-hybridized carbons (Fsp3) is 0.596. The Bertz CT molecular complexity index is 2300. The molecule has 1 aromatic carbocycles. The van der Waals surface area contributed by atoms with E-state index in [2.05, 4.69) is 20.9 Å². The molecule has 5 heterocycles. The summed E-state index contributed by atoms with van der Waals surface area (Å²) < 4.78 is 0. The van der Waals surface area contributed by atoms with Gasteiger partial charge in [-0.05, 0) is 73.4 Å². The Morgan fingerprint density at radius 1 is 0.800 bits per heavy atom. The van der Waals surface area contributed by atoms with Gasteiger partial charge >= 0.3 is 0 Å². The number of amides is 8. The summed E-state index contributed by atoms with van der Waals surface area (Å²) in [4.78, 5) is 121. The standard InChI is InChI=1S/C47H66N12O10S/c48-31(12-5-15-52-47(50)51)43(66)56-16-6-14-35(56)45(68)58-24-29(61)20-37(58)42(65)53-22-39(62)54-32(21-30-11-7-17-70-30)41(64)55-33(25-60)44(67)57-23-28-10-2-1-8-26(28)18-38(57)46(69)59-34-13-4-3-9-27(34)19-36(59)40(49)63/h1-2,7-8,10-11,17,27,29,31-38,60-61H,3-6,9,12-16,18-25,48H2,(H2,49,63)(H,53,65)(H,54,62)(H,55,64)(H4,50,51,52)/t27-,29+,31-,32-,33-,34-,35-,36-,37-,38+/m0/s1. The molecule has 380 valence electrons. The third-order valence-corrected chi connectivity index (χ3v) is 15.2. The van der Waals surface area contributed by atoms with Crippen LogP contribution in [0.2, 0.25) is 0 Å². The second-order valence-corrected chi connectivity index (χ2v) is 20.0. The van der Waals surface area contributed by atoms with Gasteiger partial charge in [-0.2, -0.15) is 0 Å². The van der Waals surface area contributed by atoms with Gasteiger partial charge in [-0.25, -0.2) is 0 Å². The highest BCUT2D eigenvalue weighted by molar-refractivity contribution is 7.09. The van der Waals surface area contributed by atoms with E-state index in [4.69, 9.17) is 22.9 Å².